The lowest BCUT2D eigenvalue weighted by Crippen LogP contribution is -2.32. The average molecular weight is 414 g/mol. The number of carbonyl (C=O) groups is 1. The van der Waals surface area contributed by atoms with E-state index in [-0.39, 0.29) is 22.2 Å². The number of anilines is 1. The summed E-state index contributed by atoms with van der Waals surface area (Å²) in [4.78, 5) is 12.0. The van der Waals surface area contributed by atoms with Crippen LogP contribution < -0.4 is 10.0 Å². The summed E-state index contributed by atoms with van der Waals surface area (Å²) in [6.07, 6.45) is -2.92. The van der Waals surface area contributed by atoms with Crippen LogP contribution in [0.4, 0.5) is 18.9 Å². The average Bonchev–Trinajstić information content (AvgIpc) is 2.61. The van der Waals surface area contributed by atoms with E-state index in [9.17, 15) is 26.4 Å². The first kappa shape index (κ1) is 21.7. The van der Waals surface area contributed by atoms with E-state index in [0.29, 0.717) is 6.07 Å². The number of sulfonamides is 1. The van der Waals surface area contributed by atoms with Gasteiger partial charge in [0.2, 0.25) is 0 Å². The summed E-state index contributed by atoms with van der Waals surface area (Å²) < 4.78 is 65.6. The quantitative estimate of drug-likeness (QED) is 0.704. The van der Waals surface area contributed by atoms with Crippen molar-refractivity contribution in [3.8, 4) is 0 Å². The van der Waals surface area contributed by atoms with E-state index in [1.54, 1.807) is 0 Å². The fraction of sp³-hybridized carbons (Fsp3) is 0.316. The van der Waals surface area contributed by atoms with Gasteiger partial charge < -0.3 is 5.32 Å². The van der Waals surface area contributed by atoms with Gasteiger partial charge in [0.25, 0.3) is 15.9 Å². The van der Waals surface area contributed by atoms with Crippen LogP contribution in [0.3, 0.4) is 0 Å². The van der Waals surface area contributed by atoms with E-state index in [0.717, 1.165) is 25.0 Å². The lowest BCUT2D eigenvalue weighted by atomic mass is 10.1. The van der Waals surface area contributed by atoms with Crippen molar-refractivity contribution < 1.29 is 26.4 Å². The molecule has 2 aromatic rings. The van der Waals surface area contributed by atoms with E-state index in [2.05, 4.69) is 10.0 Å². The zero-order valence-corrected chi connectivity index (χ0v) is 16.2. The minimum atomic E-state index is -4.59. The van der Waals surface area contributed by atoms with Gasteiger partial charge in [-0.05, 0) is 49.7 Å². The minimum absolute atomic E-state index is 0.0685. The molecule has 9 heteroatoms. The van der Waals surface area contributed by atoms with Crippen molar-refractivity contribution in [3.63, 3.8) is 0 Å². The molecule has 2 N–H and O–H groups in total. The number of halogens is 3. The van der Waals surface area contributed by atoms with Gasteiger partial charge in [-0.25, -0.2) is 8.42 Å². The monoisotopic (exact) mass is 414 g/mol. The van der Waals surface area contributed by atoms with Gasteiger partial charge in [-0.15, -0.1) is 0 Å². The third kappa shape index (κ3) is 5.72. The van der Waals surface area contributed by atoms with Gasteiger partial charge in [-0.1, -0.05) is 25.5 Å². The maximum Gasteiger partial charge on any atom is 0.416 e. The summed E-state index contributed by atoms with van der Waals surface area (Å²) >= 11 is 0. The van der Waals surface area contributed by atoms with Gasteiger partial charge >= 0.3 is 6.18 Å². The molecule has 0 spiro atoms. The van der Waals surface area contributed by atoms with Gasteiger partial charge in [-0.3, -0.25) is 9.52 Å². The lowest BCUT2D eigenvalue weighted by molar-refractivity contribution is -0.137. The van der Waals surface area contributed by atoms with Crippen LogP contribution in [0.25, 0.3) is 0 Å². The second-order valence-electron chi connectivity index (χ2n) is 6.38. The molecule has 0 aromatic heterocycles. The third-order valence-electron chi connectivity index (χ3n) is 3.95. The first-order chi connectivity index (χ1) is 13.0. The number of carbonyl (C=O) groups excluding carboxylic acids is 1. The smallest absolute Gasteiger partial charge is 0.350 e. The summed E-state index contributed by atoms with van der Waals surface area (Å²) in [7, 11) is -4.17. The van der Waals surface area contributed by atoms with Gasteiger partial charge in [0.05, 0.1) is 10.5 Å². The normalized spacial score (nSPS) is 13.0. The van der Waals surface area contributed by atoms with Gasteiger partial charge in [-0.2, -0.15) is 13.2 Å². The van der Waals surface area contributed by atoms with Crippen molar-refractivity contribution in [2.24, 2.45) is 0 Å². The van der Waals surface area contributed by atoms with Crippen LogP contribution >= 0.6 is 0 Å². The molecule has 1 unspecified atom stereocenters. The van der Waals surface area contributed by atoms with Crippen LogP contribution in [0.1, 0.15) is 42.6 Å². The highest BCUT2D eigenvalue weighted by atomic mass is 32.2. The summed E-state index contributed by atoms with van der Waals surface area (Å²) in [5.74, 6) is -0.419. The van der Waals surface area contributed by atoms with Crippen molar-refractivity contribution >= 4 is 21.6 Å². The van der Waals surface area contributed by atoms with E-state index < -0.39 is 27.7 Å². The van der Waals surface area contributed by atoms with Crippen LogP contribution in [-0.4, -0.2) is 20.4 Å². The fourth-order valence-electron chi connectivity index (χ4n) is 2.59. The maximum atomic E-state index is 12.8. The highest BCUT2D eigenvalue weighted by molar-refractivity contribution is 7.92. The minimum Gasteiger partial charge on any atom is -0.350 e. The molecule has 152 valence electrons. The summed E-state index contributed by atoms with van der Waals surface area (Å²) in [6.45, 7) is 3.83. The number of amides is 1. The molecular formula is C19H21F3N2O3S. The van der Waals surface area contributed by atoms with Crippen LogP contribution in [0.2, 0.25) is 0 Å². The van der Waals surface area contributed by atoms with Crippen molar-refractivity contribution in [2.45, 2.75) is 43.8 Å². The van der Waals surface area contributed by atoms with Crippen molar-refractivity contribution in [3.05, 3.63) is 59.7 Å². The molecule has 0 radical (unpaired) electrons. The molecule has 0 aliphatic carbocycles. The Hall–Kier alpha value is -2.55. The first-order valence-corrected chi connectivity index (χ1v) is 10.1. The van der Waals surface area contributed by atoms with Gasteiger partial charge in [0.15, 0.2) is 0 Å². The molecule has 0 bridgehead atoms. The van der Waals surface area contributed by atoms with Gasteiger partial charge in [0.1, 0.15) is 0 Å². The molecule has 1 atom stereocenters. The Balaban J connectivity index is 2.24. The Labute approximate surface area is 162 Å². The molecule has 0 aliphatic heterocycles. The molecule has 1 amide bonds. The Kier molecular flexibility index (Phi) is 6.71. The van der Waals surface area contributed by atoms with Crippen molar-refractivity contribution in [2.75, 3.05) is 4.72 Å². The molecule has 0 heterocycles. The molecule has 0 aliphatic rings. The summed E-state index contributed by atoms with van der Waals surface area (Å²) in [5, 5.41) is 2.77. The van der Waals surface area contributed by atoms with Crippen molar-refractivity contribution in [1.82, 2.24) is 5.32 Å². The predicted octanol–water partition coefficient (Wildman–Crippen LogP) is 4.42. The van der Waals surface area contributed by atoms with Crippen LogP contribution in [0, 0.1) is 0 Å². The molecule has 5 nitrogen and oxygen atoms in total. The highest BCUT2D eigenvalue weighted by Crippen LogP contribution is 2.31. The lowest BCUT2D eigenvalue weighted by Gasteiger charge is -2.14. The van der Waals surface area contributed by atoms with Crippen LogP contribution in [0.5, 0.6) is 0 Å². The second kappa shape index (κ2) is 8.64. The Morgan fingerprint density at radius 2 is 1.79 bits per heavy atom. The molecular weight excluding hydrogens is 393 g/mol. The number of hydrogen-bond donors (Lipinski definition) is 2. The Morgan fingerprint density at radius 1 is 1.11 bits per heavy atom. The van der Waals surface area contributed by atoms with Crippen molar-refractivity contribution in [1.29, 1.82) is 0 Å². The van der Waals surface area contributed by atoms with Crippen LogP contribution in [-0.2, 0) is 16.2 Å². The second-order valence-corrected chi connectivity index (χ2v) is 8.06. The number of rotatable bonds is 7. The number of nitrogens with one attached hydrogen (secondary N) is 2. The topological polar surface area (TPSA) is 75.3 Å². The fourth-order valence-corrected chi connectivity index (χ4v) is 3.68. The molecule has 0 saturated carbocycles. The molecule has 2 aromatic carbocycles. The third-order valence-corrected chi connectivity index (χ3v) is 5.33. The predicted molar refractivity (Wildman–Crippen MR) is 101 cm³/mol. The first-order valence-electron chi connectivity index (χ1n) is 8.64. The SMILES string of the molecule is CCCC(C)NC(=O)c1cccc(S(=O)(=O)Nc2cccc(C(F)(F)F)c2)c1. The van der Waals surface area contributed by atoms with Gasteiger partial charge in [0, 0.05) is 17.3 Å². The zero-order chi connectivity index (χ0) is 20.9. The standard InChI is InChI=1S/C19H21F3N2O3S/c1-3-6-13(2)23-18(25)14-7-4-10-17(11-14)28(26,27)24-16-9-5-8-15(12-16)19(20,21)22/h4-5,7-13,24H,3,6H2,1-2H3,(H,23,25). The highest BCUT2D eigenvalue weighted by Gasteiger charge is 2.30. The van der Waals surface area contributed by atoms with E-state index in [4.69, 9.17) is 0 Å². The van der Waals surface area contributed by atoms with E-state index in [1.807, 2.05) is 13.8 Å². The Bertz CT molecular complexity index is 943. The number of alkyl halides is 3. The summed E-state index contributed by atoms with van der Waals surface area (Å²) in [5.41, 5.74) is -1.04. The van der Waals surface area contributed by atoms with Crippen LogP contribution in [0.15, 0.2) is 53.4 Å². The molecule has 0 saturated heterocycles. The number of hydrogen-bond acceptors (Lipinski definition) is 3. The molecule has 28 heavy (non-hydrogen) atoms. The largest absolute Gasteiger partial charge is 0.416 e. The van der Waals surface area contributed by atoms with E-state index >= 15 is 0 Å². The maximum absolute atomic E-state index is 12.8. The van der Waals surface area contributed by atoms with E-state index in [1.165, 1.54) is 30.3 Å². The Morgan fingerprint density at radius 3 is 2.43 bits per heavy atom. The number of benzene rings is 2. The molecule has 2 rings (SSSR count). The molecule has 0 fully saturated rings. The summed E-state index contributed by atoms with van der Waals surface area (Å²) in [6, 6.07) is 9.14. The zero-order valence-electron chi connectivity index (χ0n) is 15.4.